The van der Waals surface area contributed by atoms with E-state index in [0.29, 0.717) is 29.3 Å². The molecule has 0 saturated heterocycles. The summed E-state index contributed by atoms with van der Waals surface area (Å²) in [5, 5.41) is 3.73. The number of nitrogens with zero attached hydrogens (tertiary/aromatic N) is 2. The number of thiazole rings is 1. The standard InChI is InChI=1S/C19H27N3O3S2/c1-7-22(8-2)27(24,25)15-11-9-14(10-12-15)21-17(23)16-13(3)20-18(26-16)19(4,5)6/h9-12H,7-8H2,1-6H3,(H,21,23). The number of benzene rings is 1. The predicted octanol–water partition coefficient (Wildman–Crippen LogP) is 4.03. The summed E-state index contributed by atoms with van der Waals surface area (Å²) in [6, 6.07) is 6.25. The lowest BCUT2D eigenvalue weighted by molar-refractivity contribution is 0.103. The minimum Gasteiger partial charge on any atom is -0.321 e. The minimum atomic E-state index is -3.51. The highest BCUT2D eigenvalue weighted by atomic mass is 32.2. The molecule has 0 spiro atoms. The van der Waals surface area contributed by atoms with Gasteiger partial charge in [0, 0.05) is 24.2 Å². The van der Waals surface area contributed by atoms with E-state index < -0.39 is 10.0 Å². The van der Waals surface area contributed by atoms with Gasteiger partial charge in [-0.2, -0.15) is 4.31 Å². The van der Waals surface area contributed by atoms with E-state index in [-0.39, 0.29) is 16.2 Å². The van der Waals surface area contributed by atoms with E-state index in [4.69, 9.17) is 0 Å². The Morgan fingerprint density at radius 3 is 2.15 bits per heavy atom. The van der Waals surface area contributed by atoms with Gasteiger partial charge in [-0.3, -0.25) is 4.79 Å². The van der Waals surface area contributed by atoms with E-state index in [1.807, 2.05) is 6.92 Å². The molecule has 0 aliphatic carbocycles. The number of carbonyl (C=O) groups excluding carboxylic acids is 1. The van der Waals surface area contributed by atoms with Crippen molar-refractivity contribution in [1.29, 1.82) is 0 Å². The first-order chi connectivity index (χ1) is 12.5. The van der Waals surface area contributed by atoms with E-state index in [1.165, 1.54) is 27.8 Å². The number of hydrogen-bond donors (Lipinski definition) is 1. The summed E-state index contributed by atoms with van der Waals surface area (Å²) in [5.41, 5.74) is 1.13. The average molecular weight is 410 g/mol. The third-order valence-electron chi connectivity index (χ3n) is 4.10. The van der Waals surface area contributed by atoms with Crippen LogP contribution in [0.3, 0.4) is 0 Å². The maximum atomic E-state index is 12.6. The third kappa shape index (κ3) is 4.75. The van der Waals surface area contributed by atoms with Gasteiger partial charge in [-0.15, -0.1) is 11.3 Å². The van der Waals surface area contributed by atoms with E-state index >= 15 is 0 Å². The van der Waals surface area contributed by atoms with Crippen LogP contribution in [0.5, 0.6) is 0 Å². The highest BCUT2D eigenvalue weighted by molar-refractivity contribution is 7.89. The lowest BCUT2D eigenvalue weighted by Crippen LogP contribution is -2.30. The normalized spacial score (nSPS) is 12.4. The Morgan fingerprint density at radius 2 is 1.70 bits per heavy atom. The van der Waals surface area contributed by atoms with Gasteiger partial charge in [-0.05, 0) is 31.2 Å². The number of nitrogens with one attached hydrogen (secondary N) is 1. The number of amides is 1. The first-order valence-corrected chi connectivity index (χ1v) is 11.2. The maximum absolute atomic E-state index is 12.6. The minimum absolute atomic E-state index is 0.117. The molecule has 6 nitrogen and oxygen atoms in total. The Morgan fingerprint density at radius 1 is 1.15 bits per heavy atom. The zero-order valence-electron chi connectivity index (χ0n) is 16.7. The van der Waals surface area contributed by atoms with Gasteiger partial charge in [0.25, 0.3) is 5.91 Å². The van der Waals surface area contributed by atoms with Crippen LogP contribution in [0.15, 0.2) is 29.2 Å². The van der Waals surface area contributed by atoms with Crippen LogP contribution in [-0.4, -0.2) is 36.7 Å². The van der Waals surface area contributed by atoms with Gasteiger partial charge < -0.3 is 5.32 Å². The molecular weight excluding hydrogens is 382 g/mol. The van der Waals surface area contributed by atoms with Gasteiger partial charge in [0.1, 0.15) is 4.88 Å². The molecule has 148 valence electrons. The molecule has 27 heavy (non-hydrogen) atoms. The predicted molar refractivity (Wildman–Crippen MR) is 110 cm³/mol. The highest BCUT2D eigenvalue weighted by Gasteiger charge is 2.24. The summed E-state index contributed by atoms with van der Waals surface area (Å²) in [5.74, 6) is -0.236. The summed E-state index contributed by atoms with van der Waals surface area (Å²) in [4.78, 5) is 17.9. The average Bonchev–Trinajstić information content (AvgIpc) is 2.98. The summed E-state index contributed by atoms with van der Waals surface area (Å²) in [7, 11) is -3.51. The molecule has 1 aromatic heterocycles. The van der Waals surface area contributed by atoms with Crippen molar-refractivity contribution in [3.05, 3.63) is 39.8 Å². The van der Waals surface area contributed by atoms with Gasteiger partial charge in [-0.1, -0.05) is 34.6 Å². The van der Waals surface area contributed by atoms with Crippen LogP contribution in [-0.2, 0) is 15.4 Å². The lowest BCUT2D eigenvalue weighted by Gasteiger charge is -2.18. The van der Waals surface area contributed by atoms with Crippen molar-refractivity contribution in [3.8, 4) is 0 Å². The third-order valence-corrected chi connectivity index (χ3v) is 7.75. The molecule has 0 aliphatic heterocycles. The van der Waals surface area contributed by atoms with Crippen molar-refractivity contribution in [1.82, 2.24) is 9.29 Å². The Balaban J connectivity index is 2.20. The van der Waals surface area contributed by atoms with E-state index in [0.717, 1.165) is 5.01 Å². The molecule has 0 fully saturated rings. The fraction of sp³-hybridized carbons (Fsp3) is 0.474. The van der Waals surface area contributed by atoms with Crippen molar-refractivity contribution < 1.29 is 13.2 Å². The number of hydrogen-bond acceptors (Lipinski definition) is 5. The van der Waals surface area contributed by atoms with Crippen molar-refractivity contribution in [2.45, 2.75) is 51.9 Å². The molecule has 1 aromatic carbocycles. The summed E-state index contributed by atoms with van der Waals surface area (Å²) < 4.78 is 26.4. The number of anilines is 1. The fourth-order valence-corrected chi connectivity index (χ4v) is 5.02. The van der Waals surface area contributed by atoms with Crippen LogP contribution >= 0.6 is 11.3 Å². The molecule has 0 atom stereocenters. The molecule has 0 saturated carbocycles. The topological polar surface area (TPSA) is 79.4 Å². The fourth-order valence-electron chi connectivity index (χ4n) is 2.54. The zero-order chi connectivity index (χ0) is 20.4. The number of rotatable bonds is 6. The molecular formula is C19H27N3O3S2. The Bertz CT molecular complexity index is 907. The molecule has 0 radical (unpaired) electrons. The van der Waals surface area contributed by atoms with Gasteiger partial charge in [0.05, 0.1) is 15.6 Å². The van der Waals surface area contributed by atoms with E-state index in [1.54, 1.807) is 26.0 Å². The smallest absolute Gasteiger partial charge is 0.267 e. The lowest BCUT2D eigenvalue weighted by atomic mass is 9.98. The van der Waals surface area contributed by atoms with Gasteiger partial charge >= 0.3 is 0 Å². The Hall–Kier alpha value is -1.77. The van der Waals surface area contributed by atoms with Crippen molar-refractivity contribution in [2.24, 2.45) is 0 Å². The summed E-state index contributed by atoms with van der Waals surface area (Å²) in [6.45, 7) is 12.4. The number of aryl methyl sites for hydroxylation is 1. The SMILES string of the molecule is CCN(CC)S(=O)(=O)c1ccc(NC(=O)c2sc(C(C)(C)C)nc2C)cc1. The quantitative estimate of drug-likeness (QED) is 0.781. The van der Waals surface area contributed by atoms with E-state index in [9.17, 15) is 13.2 Å². The first-order valence-electron chi connectivity index (χ1n) is 8.90. The molecule has 2 aromatic rings. The van der Waals surface area contributed by atoms with Gasteiger partial charge in [0.15, 0.2) is 0 Å². The van der Waals surface area contributed by atoms with Crippen LogP contribution < -0.4 is 5.32 Å². The number of sulfonamides is 1. The molecule has 2 rings (SSSR count). The van der Waals surface area contributed by atoms with Crippen LogP contribution in [0, 0.1) is 6.92 Å². The second-order valence-corrected chi connectivity index (χ2v) is 10.2. The second kappa shape index (κ2) is 8.08. The molecule has 1 N–H and O–H groups in total. The first kappa shape index (κ1) is 21.5. The van der Waals surface area contributed by atoms with Crippen LogP contribution in [0.4, 0.5) is 5.69 Å². The van der Waals surface area contributed by atoms with Crippen LogP contribution in [0.1, 0.15) is 55.0 Å². The molecule has 0 aliphatic rings. The summed E-state index contributed by atoms with van der Waals surface area (Å²) >= 11 is 1.39. The molecule has 0 unspecified atom stereocenters. The van der Waals surface area contributed by atoms with Crippen LogP contribution in [0.2, 0.25) is 0 Å². The summed E-state index contributed by atoms with van der Waals surface area (Å²) in [6.07, 6.45) is 0. The second-order valence-electron chi connectivity index (χ2n) is 7.25. The van der Waals surface area contributed by atoms with Crippen molar-refractivity contribution in [2.75, 3.05) is 18.4 Å². The maximum Gasteiger partial charge on any atom is 0.267 e. The van der Waals surface area contributed by atoms with Crippen LogP contribution in [0.25, 0.3) is 0 Å². The molecule has 1 heterocycles. The largest absolute Gasteiger partial charge is 0.321 e. The van der Waals surface area contributed by atoms with Gasteiger partial charge in [-0.25, -0.2) is 13.4 Å². The molecule has 1 amide bonds. The van der Waals surface area contributed by atoms with Crippen molar-refractivity contribution in [3.63, 3.8) is 0 Å². The Kier molecular flexibility index (Phi) is 6.44. The van der Waals surface area contributed by atoms with E-state index in [2.05, 4.69) is 31.1 Å². The Labute approximate surface area is 165 Å². The van der Waals surface area contributed by atoms with Gasteiger partial charge in [0.2, 0.25) is 10.0 Å². The monoisotopic (exact) mass is 409 g/mol. The molecule has 8 heteroatoms. The zero-order valence-corrected chi connectivity index (χ0v) is 18.3. The number of carbonyl (C=O) groups is 1. The highest BCUT2D eigenvalue weighted by Crippen LogP contribution is 2.29. The molecule has 0 bridgehead atoms. The number of aromatic nitrogens is 1. The van der Waals surface area contributed by atoms with Crippen molar-refractivity contribution >= 4 is 33.0 Å².